The van der Waals surface area contributed by atoms with E-state index in [4.69, 9.17) is 17.3 Å². The zero-order valence-electron chi connectivity index (χ0n) is 20.8. The van der Waals surface area contributed by atoms with E-state index in [-0.39, 0.29) is 24.0 Å². The van der Waals surface area contributed by atoms with Gasteiger partial charge in [-0.15, -0.1) is 0 Å². The SMILES string of the molecule is CCC1CN(C(c2ccc(C)cc2)c2ccc(Cl)cc2)CCN1C(=O)CC1CCN(C(N)=O)CC1. The number of benzene rings is 2. The second-order valence-electron chi connectivity index (χ2n) is 9.98. The molecule has 2 unspecified atom stereocenters. The summed E-state index contributed by atoms with van der Waals surface area (Å²) in [6, 6.07) is 16.8. The van der Waals surface area contributed by atoms with Crippen LogP contribution in [0.4, 0.5) is 4.79 Å². The number of carbonyl (C=O) groups is 2. The lowest BCUT2D eigenvalue weighted by Crippen LogP contribution is -2.56. The second-order valence-corrected chi connectivity index (χ2v) is 10.4. The number of piperidine rings is 1. The molecule has 2 atom stereocenters. The molecule has 2 aliphatic rings. The third-order valence-corrected chi connectivity index (χ3v) is 7.89. The van der Waals surface area contributed by atoms with Gasteiger partial charge in [0.2, 0.25) is 5.91 Å². The van der Waals surface area contributed by atoms with E-state index in [9.17, 15) is 9.59 Å². The Balaban J connectivity index is 1.46. The Morgan fingerprint density at radius 1 is 0.971 bits per heavy atom. The quantitative estimate of drug-likeness (QED) is 0.622. The van der Waals surface area contributed by atoms with Gasteiger partial charge < -0.3 is 15.5 Å². The lowest BCUT2D eigenvalue weighted by atomic mass is 9.92. The van der Waals surface area contributed by atoms with E-state index >= 15 is 0 Å². The van der Waals surface area contributed by atoms with Crippen molar-refractivity contribution in [2.75, 3.05) is 32.7 Å². The van der Waals surface area contributed by atoms with Gasteiger partial charge >= 0.3 is 6.03 Å². The molecule has 0 radical (unpaired) electrons. The smallest absolute Gasteiger partial charge is 0.314 e. The molecule has 2 aliphatic heterocycles. The van der Waals surface area contributed by atoms with Crippen molar-refractivity contribution in [3.63, 3.8) is 0 Å². The summed E-state index contributed by atoms with van der Waals surface area (Å²) in [5.74, 6) is 0.565. The van der Waals surface area contributed by atoms with E-state index in [1.54, 1.807) is 4.90 Å². The minimum absolute atomic E-state index is 0.122. The molecule has 7 heteroatoms. The number of hydrogen-bond donors (Lipinski definition) is 1. The number of amides is 3. The molecule has 0 aromatic heterocycles. The number of aryl methyl sites for hydroxylation is 1. The highest BCUT2D eigenvalue weighted by Gasteiger charge is 2.35. The van der Waals surface area contributed by atoms with Crippen LogP contribution in [-0.2, 0) is 4.79 Å². The zero-order chi connectivity index (χ0) is 24.9. The number of halogens is 1. The van der Waals surface area contributed by atoms with Crippen LogP contribution in [0.25, 0.3) is 0 Å². The molecule has 0 aliphatic carbocycles. The molecular weight excluding hydrogens is 460 g/mol. The maximum absolute atomic E-state index is 13.3. The predicted octanol–water partition coefficient (Wildman–Crippen LogP) is 4.84. The molecule has 0 bridgehead atoms. The largest absolute Gasteiger partial charge is 0.351 e. The Morgan fingerprint density at radius 2 is 1.57 bits per heavy atom. The monoisotopic (exact) mass is 496 g/mol. The van der Waals surface area contributed by atoms with Crippen molar-refractivity contribution in [2.24, 2.45) is 11.7 Å². The van der Waals surface area contributed by atoms with E-state index in [0.717, 1.165) is 43.9 Å². The first-order chi connectivity index (χ1) is 16.9. The van der Waals surface area contributed by atoms with Crippen molar-refractivity contribution in [3.8, 4) is 0 Å². The Hall–Kier alpha value is -2.57. The van der Waals surface area contributed by atoms with E-state index < -0.39 is 0 Å². The minimum Gasteiger partial charge on any atom is -0.351 e. The van der Waals surface area contributed by atoms with Crippen LogP contribution in [0.2, 0.25) is 5.02 Å². The number of urea groups is 1. The van der Waals surface area contributed by atoms with Gasteiger partial charge in [-0.2, -0.15) is 0 Å². The number of nitrogens with zero attached hydrogens (tertiary/aromatic N) is 3. The molecule has 2 saturated heterocycles. The number of hydrogen-bond acceptors (Lipinski definition) is 3. The van der Waals surface area contributed by atoms with Crippen molar-refractivity contribution in [1.82, 2.24) is 14.7 Å². The first kappa shape index (κ1) is 25.5. The third kappa shape index (κ3) is 6.17. The average molecular weight is 497 g/mol. The topological polar surface area (TPSA) is 69.9 Å². The maximum atomic E-state index is 13.3. The number of carbonyl (C=O) groups excluding carboxylic acids is 2. The van der Waals surface area contributed by atoms with Crippen molar-refractivity contribution in [3.05, 3.63) is 70.2 Å². The maximum Gasteiger partial charge on any atom is 0.314 e. The lowest BCUT2D eigenvalue weighted by Gasteiger charge is -2.45. The van der Waals surface area contributed by atoms with Gasteiger partial charge in [0.25, 0.3) is 0 Å². The van der Waals surface area contributed by atoms with Gasteiger partial charge in [0.15, 0.2) is 0 Å². The summed E-state index contributed by atoms with van der Waals surface area (Å²) in [6.45, 7) is 7.97. The van der Waals surface area contributed by atoms with Gasteiger partial charge in [0.1, 0.15) is 0 Å². The van der Waals surface area contributed by atoms with Gasteiger partial charge in [-0.25, -0.2) is 4.79 Å². The van der Waals surface area contributed by atoms with Crippen molar-refractivity contribution < 1.29 is 9.59 Å². The Bertz CT molecular complexity index is 957. The van der Waals surface area contributed by atoms with E-state index in [1.165, 1.54) is 16.7 Å². The minimum atomic E-state index is -0.360. The molecule has 188 valence electrons. The molecular formula is C28H37ClN4O2. The molecule has 2 aromatic carbocycles. The summed E-state index contributed by atoms with van der Waals surface area (Å²) >= 11 is 6.19. The van der Waals surface area contributed by atoms with Crippen LogP contribution in [0, 0.1) is 12.8 Å². The second kappa shape index (κ2) is 11.4. The van der Waals surface area contributed by atoms with Gasteiger partial charge in [-0.3, -0.25) is 9.69 Å². The summed E-state index contributed by atoms with van der Waals surface area (Å²) in [6.07, 6.45) is 3.17. The molecule has 0 spiro atoms. The van der Waals surface area contributed by atoms with Crippen LogP contribution >= 0.6 is 11.6 Å². The molecule has 6 nitrogen and oxygen atoms in total. The molecule has 2 fully saturated rings. The van der Waals surface area contributed by atoms with E-state index in [1.807, 2.05) is 12.1 Å². The lowest BCUT2D eigenvalue weighted by molar-refractivity contribution is -0.138. The zero-order valence-corrected chi connectivity index (χ0v) is 21.6. The van der Waals surface area contributed by atoms with E-state index in [0.29, 0.717) is 25.4 Å². The highest BCUT2D eigenvalue weighted by molar-refractivity contribution is 6.30. The van der Waals surface area contributed by atoms with Crippen LogP contribution in [0.15, 0.2) is 48.5 Å². The Labute approximate surface area is 214 Å². The van der Waals surface area contributed by atoms with Crippen LogP contribution in [-0.4, -0.2) is 65.4 Å². The van der Waals surface area contributed by atoms with Gasteiger partial charge in [-0.1, -0.05) is 60.5 Å². The summed E-state index contributed by atoms with van der Waals surface area (Å²) in [4.78, 5) is 31.0. The van der Waals surface area contributed by atoms with Crippen LogP contribution < -0.4 is 5.73 Å². The summed E-state index contributed by atoms with van der Waals surface area (Å²) in [5.41, 5.74) is 9.12. The van der Waals surface area contributed by atoms with Crippen molar-refractivity contribution in [1.29, 1.82) is 0 Å². The fourth-order valence-electron chi connectivity index (χ4n) is 5.52. The molecule has 4 rings (SSSR count). The number of piperazine rings is 1. The first-order valence-corrected chi connectivity index (χ1v) is 13.1. The Morgan fingerprint density at radius 3 is 2.14 bits per heavy atom. The number of likely N-dealkylation sites (tertiary alicyclic amines) is 1. The average Bonchev–Trinajstić information content (AvgIpc) is 2.86. The van der Waals surface area contributed by atoms with Crippen molar-refractivity contribution >= 4 is 23.5 Å². The first-order valence-electron chi connectivity index (χ1n) is 12.8. The normalized spacial score (nSPS) is 20.6. The fraction of sp³-hybridized carbons (Fsp3) is 0.500. The molecule has 0 saturated carbocycles. The van der Waals surface area contributed by atoms with Crippen LogP contribution in [0.3, 0.4) is 0 Å². The third-order valence-electron chi connectivity index (χ3n) is 7.64. The summed E-state index contributed by atoms with van der Waals surface area (Å²) < 4.78 is 0. The Kier molecular flexibility index (Phi) is 8.34. The summed E-state index contributed by atoms with van der Waals surface area (Å²) in [7, 11) is 0. The van der Waals surface area contributed by atoms with Crippen LogP contribution in [0.1, 0.15) is 55.3 Å². The highest BCUT2D eigenvalue weighted by atomic mass is 35.5. The predicted molar refractivity (Wildman–Crippen MR) is 140 cm³/mol. The molecule has 2 heterocycles. The van der Waals surface area contributed by atoms with E-state index in [2.05, 4.69) is 60.0 Å². The van der Waals surface area contributed by atoms with Gasteiger partial charge in [0.05, 0.1) is 6.04 Å². The number of rotatable bonds is 6. The highest BCUT2D eigenvalue weighted by Crippen LogP contribution is 2.33. The van der Waals surface area contributed by atoms with Gasteiger partial charge in [0, 0.05) is 50.2 Å². The van der Waals surface area contributed by atoms with Gasteiger partial charge in [-0.05, 0) is 55.4 Å². The van der Waals surface area contributed by atoms with Crippen LogP contribution in [0.5, 0.6) is 0 Å². The number of nitrogens with two attached hydrogens (primary N) is 1. The van der Waals surface area contributed by atoms with Crippen molar-refractivity contribution in [2.45, 2.75) is 51.6 Å². The number of primary amides is 1. The molecule has 35 heavy (non-hydrogen) atoms. The molecule has 2 N–H and O–H groups in total. The molecule has 2 aromatic rings. The molecule has 3 amide bonds. The standard InChI is InChI=1S/C28H37ClN4O2/c1-3-25-19-32(16-17-33(25)26(34)18-21-12-14-31(15-13-21)28(30)35)27(22-6-4-20(2)5-7-22)23-8-10-24(29)11-9-23/h4-11,21,25,27H,3,12-19H2,1-2H3,(H2,30,35). The fourth-order valence-corrected chi connectivity index (χ4v) is 5.65. The summed E-state index contributed by atoms with van der Waals surface area (Å²) in [5, 5.41) is 0.736.